The lowest BCUT2D eigenvalue weighted by Crippen LogP contribution is -2.22. The number of aliphatic hydroxyl groups excluding tert-OH is 1. The van der Waals surface area contributed by atoms with Crippen molar-refractivity contribution < 1.29 is 9.84 Å². The first-order chi connectivity index (χ1) is 7.74. The van der Waals surface area contributed by atoms with Crippen molar-refractivity contribution in [2.24, 2.45) is 5.92 Å². The van der Waals surface area contributed by atoms with Crippen LogP contribution in [0.25, 0.3) is 0 Å². The smallest absolute Gasteiger partial charge is 0.0908 e. The third-order valence-corrected chi connectivity index (χ3v) is 2.35. The summed E-state index contributed by atoms with van der Waals surface area (Å²) in [6.45, 7) is 4.52. The van der Waals surface area contributed by atoms with E-state index in [1.807, 2.05) is 37.3 Å². The summed E-state index contributed by atoms with van der Waals surface area (Å²) >= 11 is 0. The fraction of sp³-hybridized carbons (Fsp3) is 0.429. The van der Waals surface area contributed by atoms with Gasteiger partial charge in [-0.1, -0.05) is 36.3 Å². The normalized spacial score (nSPS) is 13.7. The molecule has 2 heteroatoms. The first-order valence-electron chi connectivity index (χ1n) is 5.46. The van der Waals surface area contributed by atoms with Crippen LogP contribution in [0.4, 0.5) is 0 Å². The molecule has 1 N–H and O–H groups in total. The van der Waals surface area contributed by atoms with E-state index in [-0.39, 0.29) is 5.92 Å². The SMILES string of the molecule is CC#C[C@H](C)[C@H](O)COCc1ccccc1. The minimum Gasteiger partial charge on any atom is -0.389 e. The summed E-state index contributed by atoms with van der Waals surface area (Å²) in [7, 11) is 0. The molecular weight excluding hydrogens is 200 g/mol. The molecule has 1 aromatic carbocycles. The Morgan fingerprint density at radius 3 is 2.62 bits per heavy atom. The largest absolute Gasteiger partial charge is 0.389 e. The maximum absolute atomic E-state index is 9.70. The highest BCUT2D eigenvalue weighted by Crippen LogP contribution is 2.05. The van der Waals surface area contributed by atoms with E-state index in [0.29, 0.717) is 13.2 Å². The van der Waals surface area contributed by atoms with Crippen molar-refractivity contribution in [2.75, 3.05) is 6.61 Å². The Bertz CT molecular complexity index is 348. The van der Waals surface area contributed by atoms with Crippen LogP contribution in [0.15, 0.2) is 30.3 Å². The maximum atomic E-state index is 9.70. The summed E-state index contributed by atoms with van der Waals surface area (Å²) in [5.74, 6) is 5.66. The fourth-order valence-electron chi connectivity index (χ4n) is 1.34. The van der Waals surface area contributed by atoms with Gasteiger partial charge in [0.2, 0.25) is 0 Å². The summed E-state index contributed by atoms with van der Waals surface area (Å²) in [4.78, 5) is 0. The van der Waals surface area contributed by atoms with Crippen LogP contribution in [0, 0.1) is 17.8 Å². The van der Waals surface area contributed by atoms with Crippen LogP contribution < -0.4 is 0 Å². The number of aliphatic hydroxyl groups is 1. The molecule has 0 radical (unpaired) electrons. The molecule has 0 fully saturated rings. The Morgan fingerprint density at radius 2 is 2.00 bits per heavy atom. The molecule has 0 heterocycles. The van der Waals surface area contributed by atoms with Gasteiger partial charge >= 0.3 is 0 Å². The molecule has 2 nitrogen and oxygen atoms in total. The van der Waals surface area contributed by atoms with Crippen molar-refractivity contribution >= 4 is 0 Å². The Balaban J connectivity index is 2.27. The molecular formula is C14H18O2. The van der Waals surface area contributed by atoms with Gasteiger partial charge in [-0.25, -0.2) is 0 Å². The Hall–Kier alpha value is -1.30. The summed E-state index contributed by atoms with van der Waals surface area (Å²) < 4.78 is 5.43. The molecule has 2 atom stereocenters. The molecule has 0 saturated carbocycles. The summed E-state index contributed by atoms with van der Waals surface area (Å²) in [6.07, 6.45) is -0.517. The number of ether oxygens (including phenoxy) is 1. The molecule has 0 amide bonds. The van der Waals surface area contributed by atoms with Crippen molar-refractivity contribution in [1.29, 1.82) is 0 Å². The molecule has 0 aliphatic rings. The highest BCUT2D eigenvalue weighted by Gasteiger charge is 2.11. The molecule has 1 rings (SSSR count). The number of hydrogen-bond donors (Lipinski definition) is 1. The van der Waals surface area contributed by atoms with Crippen molar-refractivity contribution in [3.05, 3.63) is 35.9 Å². The van der Waals surface area contributed by atoms with Crippen LogP contribution in [-0.2, 0) is 11.3 Å². The van der Waals surface area contributed by atoms with Gasteiger partial charge in [-0.15, -0.1) is 5.92 Å². The van der Waals surface area contributed by atoms with E-state index in [1.165, 1.54) is 0 Å². The van der Waals surface area contributed by atoms with Gasteiger partial charge in [0.05, 0.1) is 19.3 Å². The molecule has 0 aliphatic heterocycles. The van der Waals surface area contributed by atoms with Crippen molar-refractivity contribution in [3.63, 3.8) is 0 Å². The lowest BCUT2D eigenvalue weighted by atomic mass is 10.1. The Labute approximate surface area is 97.3 Å². The Kier molecular flexibility index (Phi) is 5.63. The van der Waals surface area contributed by atoms with E-state index in [9.17, 15) is 5.11 Å². The zero-order valence-electron chi connectivity index (χ0n) is 9.81. The van der Waals surface area contributed by atoms with E-state index in [2.05, 4.69) is 11.8 Å². The summed E-state index contributed by atoms with van der Waals surface area (Å²) in [6, 6.07) is 9.92. The monoisotopic (exact) mass is 218 g/mol. The van der Waals surface area contributed by atoms with Gasteiger partial charge in [0.1, 0.15) is 0 Å². The summed E-state index contributed by atoms with van der Waals surface area (Å²) in [5.41, 5.74) is 1.11. The second kappa shape index (κ2) is 7.05. The average Bonchev–Trinajstić information content (AvgIpc) is 2.30. The van der Waals surface area contributed by atoms with Crippen molar-refractivity contribution in [3.8, 4) is 11.8 Å². The molecule has 0 aromatic heterocycles. The van der Waals surface area contributed by atoms with Gasteiger partial charge in [0.25, 0.3) is 0 Å². The summed E-state index contributed by atoms with van der Waals surface area (Å²) in [5, 5.41) is 9.70. The molecule has 0 spiro atoms. The second-order valence-corrected chi connectivity index (χ2v) is 3.75. The van der Waals surface area contributed by atoms with Gasteiger partial charge in [-0.2, -0.15) is 0 Å². The van der Waals surface area contributed by atoms with Gasteiger partial charge in [-0.3, -0.25) is 0 Å². The zero-order chi connectivity index (χ0) is 11.8. The van der Waals surface area contributed by atoms with Crippen molar-refractivity contribution in [1.82, 2.24) is 0 Å². The topological polar surface area (TPSA) is 29.5 Å². The molecule has 0 unspecified atom stereocenters. The lowest BCUT2D eigenvalue weighted by molar-refractivity contribution is 0.0135. The van der Waals surface area contributed by atoms with E-state index in [1.54, 1.807) is 6.92 Å². The van der Waals surface area contributed by atoms with Crippen LogP contribution in [-0.4, -0.2) is 17.8 Å². The quantitative estimate of drug-likeness (QED) is 0.768. The number of benzene rings is 1. The highest BCUT2D eigenvalue weighted by molar-refractivity contribution is 5.13. The fourth-order valence-corrected chi connectivity index (χ4v) is 1.34. The molecule has 0 saturated heterocycles. The molecule has 86 valence electrons. The van der Waals surface area contributed by atoms with Crippen molar-refractivity contribution in [2.45, 2.75) is 26.6 Å². The second-order valence-electron chi connectivity index (χ2n) is 3.75. The Morgan fingerprint density at radius 1 is 1.31 bits per heavy atom. The van der Waals surface area contributed by atoms with E-state index >= 15 is 0 Å². The predicted octanol–water partition coefficient (Wildman–Crippen LogP) is 2.22. The standard InChI is InChI=1S/C14H18O2/c1-3-7-12(2)14(15)11-16-10-13-8-5-4-6-9-13/h4-6,8-9,12,14-15H,10-11H2,1-2H3/t12-,14+/m0/s1. The van der Waals surface area contributed by atoms with Crippen LogP contribution in [0.1, 0.15) is 19.4 Å². The average molecular weight is 218 g/mol. The maximum Gasteiger partial charge on any atom is 0.0908 e. The van der Waals surface area contributed by atoms with Crippen LogP contribution in [0.2, 0.25) is 0 Å². The van der Waals surface area contributed by atoms with E-state index in [0.717, 1.165) is 5.56 Å². The minimum atomic E-state index is -0.517. The van der Waals surface area contributed by atoms with Crippen LogP contribution >= 0.6 is 0 Å². The number of rotatable bonds is 5. The third kappa shape index (κ3) is 4.48. The molecule has 1 aromatic rings. The minimum absolute atomic E-state index is 0.0410. The molecule has 0 aliphatic carbocycles. The van der Waals surface area contributed by atoms with E-state index < -0.39 is 6.10 Å². The van der Waals surface area contributed by atoms with Gasteiger partial charge in [0, 0.05) is 5.92 Å². The third-order valence-electron chi connectivity index (χ3n) is 2.35. The lowest BCUT2D eigenvalue weighted by Gasteiger charge is -2.13. The van der Waals surface area contributed by atoms with Crippen LogP contribution in [0.3, 0.4) is 0 Å². The van der Waals surface area contributed by atoms with Gasteiger partial charge in [-0.05, 0) is 19.4 Å². The van der Waals surface area contributed by atoms with E-state index in [4.69, 9.17) is 4.74 Å². The first-order valence-corrected chi connectivity index (χ1v) is 5.46. The van der Waals surface area contributed by atoms with Crippen LogP contribution in [0.5, 0.6) is 0 Å². The number of hydrogen-bond acceptors (Lipinski definition) is 2. The highest BCUT2D eigenvalue weighted by atomic mass is 16.5. The zero-order valence-corrected chi connectivity index (χ0v) is 9.81. The predicted molar refractivity (Wildman–Crippen MR) is 64.7 cm³/mol. The van der Waals surface area contributed by atoms with Gasteiger partial charge in [0.15, 0.2) is 0 Å². The molecule has 16 heavy (non-hydrogen) atoms. The van der Waals surface area contributed by atoms with Gasteiger partial charge < -0.3 is 9.84 Å². The first kappa shape index (κ1) is 12.8. The molecule has 0 bridgehead atoms.